The predicted molar refractivity (Wildman–Crippen MR) is 61.6 cm³/mol. The molecule has 76 valence electrons. The molecule has 1 unspecified atom stereocenters. The van der Waals surface area contributed by atoms with E-state index in [0.717, 1.165) is 0 Å². The molecule has 0 amide bonds. The Hall–Kier alpha value is -0.980. The maximum atomic E-state index is 3.59. The minimum absolute atomic E-state index is 0.545. The summed E-state index contributed by atoms with van der Waals surface area (Å²) in [6.45, 7) is 6.78. The summed E-state index contributed by atoms with van der Waals surface area (Å²) in [6, 6.07) is 9.19. The molecule has 0 aromatic heterocycles. The summed E-state index contributed by atoms with van der Waals surface area (Å²) in [7, 11) is 0. The molecule has 1 aromatic rings. The molecule has 1 aliphatic rings. The Balaban J connectivity index is 2.03. The van der Waals surface area contributed by atoms with Crippen molar-refractivity contribution in [2.24, 2.45) is 5.41 Å². The van der Waals surface area contributed by atoms with Crippen molar-refractivity contribution in [3.05, 3.63) is 29.8 Å². The molecule has 0 radical (unpaired) electrons. The van der Waals surface area contributed by atoms with Crippen molar-refractivity contribution in [3.63, 3.8) is 0 Å². The third-order valence-electron chi connectivity index (χ3n) is 3.49. The molecule has 1 heteroatoms. The number of hydrogen-bond acceptors (Lipinski definition) is 1. The van der Waals surface area contributed by atoms with Gasteiger partial charge in [-0.3, -0.25) is 0 Å². The Morgan fingerprint density at radius 2 is 2.07 bits per heavy atom. The van der Waals surface area contributed by atoms with Gasteiger partial charge in [0.2, 0.25) is 0 Å². The van der Waals surface area contributed by atoms with Crippen LogP contribution in [0.15, 0.2) is 24.3 Å². The average molecular weight is 189 g/mol. The lowest BCUT2D eigenvalue weighted by molar-refractivity contribution is 0.493. The van der Waals surface area contributed by atoms with Crippen molar-refractivity contribution in [2.45, 2.75) is 39.7 Å². The molecule has 1 saturated carbocycles. The number of hydrogen-bond donors (Lipinski definition) is 1. The molecule has 1 fully saturated rings. The standard InChI is InChI=1S/C13H19N/c1-10-5-4-6-12(9-10)14-11(2)13(3)7-8-13/h4-6,9,11,14H,7-8H2,1-3H3. The van der Waals surface area contributed by atoms with Gasteiger partial charge in [-0.2, -0.15) is 0 Å². The smallest absolute Gasteiger partial charge is 0.0345 e. The van der Waals surface area contributed by atoms with Gasteiger partial charge in [0.15, 0.2) is 0 Å². The van der Waals surface area contributed by atoms with Crippen LogP contribution in [-0.2, 0) is 0 Å². The third kappa shape index (κ3) is 1.92. The normalized spacial score (nSPS) is 20.2. The summed E-state index contributed by atoms with van der Waals surface area (Å²) in [6.07, 6.45) is 2.74. The van der Waals surface area contributed by atoms with Crippen molar-refractivity contribution in [3.8, 4) is 0 Å². The van der Waals surface area contributed by atoms with Gasteiger partial charge in [-0.1, -0.05) is 19.1 Å². The lowest BCUT2D eigenvalue weighted by atomic mass is 10.0. The van der Waals surface area contributed by atoms with Gasteiger partial charge < -0.3 is 5.32 Å². The summed E-state index contributed by atoms with van der Waals surface area (Å²) >= 11 is 0. The van der Waals surface area contributed by atoms with Gasteiger partial charge in [-0.25, -0.2) is 0 Å². The SMILES string of the molecule is Cc1cccc(NC(C)C2(C)CC2)c1. The highest BCUT2D eigenvalue weighted by Gasteiger charge is 2.42. The molecule has 0 heterocycles. The molecule has 1 nitrogen and oxygen atoms in total. The summed E-state index contributed by atoms with van der Waals surface area (Å²) in [5.74, 6) is 0. The highest BCUT2D eigenvalue weighted by molar-refractivity contribution is 5.46. The van der Waals surface area contributed by atoms with Gasteiger partial charge in [-0.15, -0.1) is 0 Å². The van der Waals surface area contributed by atoms with Crippen LogP contribution in [-0.4, -0.2) is 6.04 Å². The molecule has 14 heavy (non-hydrogen) atoms. The molecule has 0 saturated heterocycles. The quantitative estimate of drug-likeness (QED) is 0.766. The minimum atomic E-state index is 0.545. The zero-order chi connectivity index (χ0) is 10.2. The first-order valence-electron chi connectivity index (χ1n) is 5.43. The van der Waals surface area contributed by atoms with E-state index < -0.39 is 0 Å². The second-order valence-corrected chi connectivity index (χ2v) is 4.89. The Morgan fingerprint density at radius 3 is 2.64 bits per heavy atom. The van der Waals surface area contributed by atoms with Crippen LogP contribution in [0.25, 0.3) is 0 Å². The number of nitrogens with one attached hydrogen (secondary N) is 1. The third-order valence-corrected chi connectivity index (χ3v) is 3.49. The van der Waals surface area contributed by atoms with E-state index >= 15 is 0 Å². The second-order valence-electron chi connectivity index (χ2n) is 4.89. The molecular weight excluding hydrogens is 170 g/mol. The Kier molecular flexibility index (Phi) is 2.26. The number of aryl methyl sites for hydroxylation is 1. The van der Waals surface area contributed by atoms with Crippen LogP contribution < -0.4 is 5.32 Å². The van der Waals surface area contributed by atoms with E-state index in [0.29, 0.717) is 11.5 Å². The van der Waals surface area contributed by atoms with Gasteiger partial charge in [-0.05, 0) is 49.8 Å². The Morgan fingerprint density at radius 1 is 1.36 bits per heavy atom. The molecule has 1 aromatic carbocycles. The van der Waals surface area contributed by atoms with Gasteiger partial charge in [0.1, 0.15) is 0 Å². The van der Waals surface area contributed by atoms with E-state index in [1.165, 1.54) is 24.1 Å². The highest BCUT2D eigenvalue weighted by Crippen LogP contribution is 2.48. The first kappa shape index (κ1) is 9.57. The monoisotopic (exact) mass is 189 g/mol. The Bertz CT molecular complexity index is 326. The fourth-order valence-corrected chi connectivity index (χ4v) is 1.79. The fourth-order valence-electron chi connectivity index (χ4n) is 1.79. The van der Waals surface area contributed by atoms with Crippen LogP contribution >= 0.6 is 0 Å². The number of rotatable bonds is 3. The first-order valence-corrected chi connectivity index (χ1v) is 5.43. The van der Waals surface area contributed by atoms with Gasteiger partial charge >= 0.3 is 0 Å². The number of anilines is 1. The van der Waals surface area contributed by atoms with E-state index in [4.69, 9.17) is 0 Å². The molecule has 1 N–H and O–H groups in total. The summed E-state index contributed by atoms with van der Waals surface area (Å²) in [5.41, 5.74) is 3.12. The molecule has 0 bridgehead atoms. The lowest BCUT2D eigenvalue weighted by Gasteiger charge is -2.21. The van der Waals surface area contributed by atoms with Crippen LogP contribution in [0.5, 0.6) is 0 Å². The van der Waals surface area contributed by atoms with Crippen LogP contribution in [0.1, 0.15) is 32.3 Å². The van der Waals surface area contributed by atoms with E-state index in [1.54, 1.807) is 0 Å². The fraction of sp³-hybridized carbons (Fsp3) is 0.538. The minimum Gasteiger partial charge on any atom is -0.382 e. The van der Waals surface area contributed by atoms with Crippen molar-refractivity contribution in [1.82, 2.24) is 0 Å². The van der Waals surface area contributed by atoms with Crippen LogP contribution in [0, 0.1) is 12.3 Å². The second kappa shape index (κ2) is 3.30. The molecule has 1 aliphatic carbocycles. The van der Waals surface area contributed by atoms with E-state index in [9.17, 15) is 0 Å². The first-order chi connectivity index (χ1) is 6.60. The Labute approximate surface area is 86.5 Å². The largest absolute Gasteiger partial charge is 0.382 e. The number of benzene rings is 1. The molecule has 0 aliphatic heterocycles. The van der Waals surface area contributed by atoms with Gasteiger partial charge in [0.05, 0.1) is 0 Å². The summed E-state index contributed by atoms with van der Waals surface area (Å²) < 4.78 is 0. The summed E-state index contributed by atoms with van der Waals surface area (Å²) in [5, 5.41) is 3.59. The highest BCUT2D eigenvalue weighted by atomic mass is 14.9. The van der Waals surface area contributed by atoms with Crippen LogP contribution in [0.2, 0.25) is 0 Å². The predicted octanol–water partition coefficient (Wildman–Crippen LogP) is 3.60. The maximum absolute atomic E-state index is 3.59. The lowest BCUT2D eigenvalue weighted by Crippen LogP contribution is -2.24. The topological polar surface area (TPSA) is 12.0 Å². The average Bonchev–Trinajstić information content (AvgIpc) is 2.85. The van der Waals surface area contributed by atoms with E-state index in [2.05, 4.69) is 50.4 Å². The van der Waals surface area contributed by atoms with Crippen molar-refractivity contribution >= 4 is 5.69 Å². The van der Waals surface area contributed by atoms with Crippen molar-refractivity contribution in [2.75, 3.05) is 5.32 Å². The summed E-state index contributed by atoms with van der Waals surface area (Å²) in [4.78, 5) is 0. The van der Waals surface area contributed by atoms with Crippen molar-refractivity contribution in [1.29, 1.82) is 0 Å². The van der Waals surface area contributed by atoms with E-state index in [-0.39, 0.29) is 0 Å². The maximum Gasteiger partial charge on any atom is 0.0345 e. The molecule has 0 spiro atoms. The molecule has 2 rings (SSSR count). The van der Waals surface area contributed by atoms with Gasteiger partial charge in [0, 0.05) is 11.7 Å². The van der Waals surface area contributed by atoms with Crippen LogP contribution in [0.4, 0.5) is 5.69 Å². The van der Waals surface area contributed by atoms with Crippen LogP contribution in [0.3, 0.4) is 0 Å². The van der Waals surface area contributed by atoms with E-state index in [1.807, 2.05) is 0 Å². The molecular formula is C13H19N. The molecule has 1 atom stereocenters. The van der Waals surface area contributed by atoms with Crippen molar-refractivity contribution < 1.29 is 0 Å². The zero-order valence-corrected chi connectivity index (χ0v) is 9.30. The van der Waals surface area contributed by atoms with Gasteiger partial charge in [0.25, 0.3) is 0 Å². The zero-order valence-electron chi connectivity index (χ0n) is 9.30.